The second kappa shape index (κ2) is 25.9. The van der Waals surface area contributed by atoms with Gasteiger partial charge in [-0.15, -0.1) is 0 Å². The second-order valence-electron chi connectivity index (χ2n) is 17.9. The molecule has 0 aliphatic carbocycles. The lowest BCUT2D eigenvalue weighted by Crippen LogP contribution is -2.48. The van der Waals surface area contributed by atoms with E-state index in [-0.39, 0.29) is 60.7 Å². The number of fused-ring (bicyclic) bond motifs is 2. The van der Waals surface area contributed by atoms with Crippen LogP contribution < -0.4 is 0 Å². The van der Waals surface area contributed by atoms with Gasteiger partial charge in [-0.2, -0.15) is 0 Å². The van der Waals surface area contributed by atoms with Crippen molar-refractivity contribution >= 4 is 11.8 Å². The van der Waals surface area contributed by atoms with Crippen molar-refractivity contribution in [3.05, 3.63) is 70.9 Å². The van der Waals surface area contributed by atoms with Crippen LogP contribution in [0.15, 0.2) is 70.9 Å². The van der Waals surface area contributed by atoms with E-state index in [2.05, 4.69) is 6.92 Å². The molecule has 0 radical (unpaired) electrons. The normalized spacial score (nSPS) is 35.6. The lowest BCUT2D eigenvalue weighted by atomic mass is 9.85. The van der Waals surface area contributed by atoms with Crippen LogP contribution in [0, 0.1) is 29.6 Å². The van der Waals surface area contributed by atoms with E-state index in [1.807, 2.05) is 91.0 Å². The van der Waals surface area contributed by atoms with Crippen molar-refractivity contribution in [3.8, 4) is 0 Å². The molecule has 13 atom stereocenters. The van der Waals surface area contributed by atoms with E-state index < -0.39 is 48.4 Å². The number of carbonyl (C=O) groups is 2. The van der Waals surface area contributed by atoms with Gasteiger partial charge in [0.1, 0.15) is 11.9 Å². The second-order valence-corrected chi connectivity index (χ2v) is 17.9. The van der Waals surface area contributed by atoms with Crippen molar-refractivity contribution in [2.75, 3.05) is 7.11 Å². The predicted molar refractivity (Wildman–Crippen MR) is 235 cm³/mol. The first kappa shape index (κ1) is 52.4. The smallest absolute Gasteiger partial charge is 0.333 e. The molecule has 2 bridgehead atoms. The van der Waals surface area contributed by atoms with Gasteiger partial charge in [-0.1, -0.05) is 101 Å². The minimum atomic E-state index is -0.860. The highest BCUT2D eigenvalue weighted by Crippen LogP contribution is 2.39. The third kappa shape index (κ3) is 17.7. The van der Waals surface area contributed by atoms with Crippen LogP contribution in [-0.2, 0) is 23.8 Å². The number of ketones is 1. The monoisotopic (exact) mass is 829 g/mol. The molecule has 0 spiro atoms. The standard InChI is InChI=1S/C49H80O10/c1-12-42(51)39(10)46(55)28-40(50)21-18-31(2)27-37(8)47-30-45(54)34(5)17-15-13-14-16-33(4)44(53)29-41-22-20-38(9)49(57-11,59-41)25-24-32(3)26-36(7)43(52)23-19-35(6)48(56)58-47/h13-15,17-19,24,26,33-34,37-43,45-47,50-52,54-55H,12,16,20-23,25,27-30H2,1-11H3/b14-13+,17-15+,31-18+,32-24-,35-19+,36-26+. The van der Waals surface area contributed by atoms with Crippen molar-refractivity contribution < 1.29 is 49.3 Å². The number of aliphatic hydroxyl groups is 5. The number of methoxy groups -OCH3 is 1. The van der Waals surface area contributed by atoms with Gasteiger partial charge in [0.25, 0.3) is 0 Å². The largest absolute Gasteiger partial charge is 0.459 e. The van der Waals surface area contributed by atoms with E-state index in [0.29, 0.717) is 44.1 Å². The highest BCUT2D eigenvalue weighted by molar-refractivity contribution is 5.87. The van der Waals surface area contributed by atoms with Crippen LogP contribution in [0.4, 0.5) is 0 Å². The maximum absolute atomic E-state index is 13.5. The topological polar surface area (TPSA) is 163 Å². The van der Waals surface area contributed by atoms with E-state index in [1.165, 1.54) is 0 Å². The van der Waals surface area contributed by atoms with Crippen LogP contribution in [0.25, 0.3) is 0 Å². The zero-order chi connectivity index (χ0) is 44.4. The van der Waals surface area contributed by atoms with Crippen LogP contribution in [0.5, 0.6) is 0 Å². The Kier molecular flexibility index (Phi) is 23.0. The molecule has 59 heavy (non-hydrogen) atoms. The third-order valence-corrected chi connectivity index (χ3v) is 12.7. The van der Waals surface area contributed by atoms with Crippen molar-refractivity contribution in [1.82, 2.24) is 0 Å². The van der Waals surface area contributed by atoms with Crippen LogP contribution in [0.3, 0.4) is 0 Å². The van der Waals surface area contributed by atoms with Gasteiger partial charge in [-0.3, -0.25) is 4.79 Å². The minimum absolute atomic E-state index is 0.121. The molecule has 0 saturated carbocycles. The van der Waals surface area contributed by atoms with E-state index in [1.54, 1.807) is 27.0 Å². The molecule has 0 amide bonds. The Balaban J connectivity index is 2.34. The Labute approximate surface area is 356 Å². The molecule has 10 nitrogen and oxygen atoms in total. The van der Waals surface area contributed by atoms with Crippen LogP contribution >= 0.6 is 0 Å². The molecule has 0 aromatic carbocycles. The summed E-state index contributed by atoms with van der Waals surface area (Å²) in [5.41, 5.74) is 3.01. The van der Waals surface area contributed by atoms with E-state index in [9.17, 15) is 35.1 Å². The number of esters is 1. The Morgan fingerprint density at radius 1 is 1.00 bits per heavy atom. The van der Waals surface area contributed by atoms with Gasteiger partial charge in [0.2, 0.25) is 0 Å². The van der Waals surface area contributed by atoms with Crippen molar-refractivity contribution in [1.29, 1.82) is 0 Å². The fraction of sp³-hybridized carbons (Fsp3) is 0.714. The number of rotatable bonds is 11. The van der Waals surface area contributed by atoms with Gasteiger partial charge in [0, 0.05) is 55.6 Å². The summed E-state index contributed by atoms with van der Waals surface area (Å²) < 4.78 is 18.7. The molecule has 2 aliphatic rings. The molecular formula is C49H80O10. The van der Waals surface area contributed by atoms with Crippen molar-refractivity contribution in [2.45, 2.75) is 188 Å². The van der Waals surface area contributed by atoms with Gasteiger partial charge in [0.05, 0.1) is 36.6 Å². The van der Waals surface area contributed by atoms with Gasteiger partial charge in [-0.25, -0.2) is 4.79 Å². The number of allylic oxidation sites excluding steroid dienone is 6. The molecule has 336 valence electrons. The maximum atomic E-state index is 13.5. The number of hydrogen-bond acceptors (Lipinski definition) is 10. The zero-order valence-corrected chi connectivity index (χ0v) is 38.1. The molecule has 2 rings (SSSR count). The SMILES string of the molecule is CCC(O)C(C)C(O)CC(O)C/C=C(\C)CC(C)C1CC(O)C(C)/C=C/C=C/CC(C)C(=O)CC2CCC(C)C(OC)(C/C=C(C)\C=C(/C)C(O)C/C=C(\C)C(=O)O1)O2. The summed E-state index contributed by atoms with van der Waals surface area (Å²) in [7, 11) is 1.65. The number of Topliss-reactive ketones (excluding diaryl/α,β-unsaturated/α-hetero) is 1. The summed E-state index contributed by atoms with van der Waals surface area (Å²) in [6.07, 6.45) is 15.5. The fourth-order valence-corrected chi connectivity index (χ4v) is 7.86. The molecule has 10 heteroatoms. The zero-order valence-electron chi connectivity index (χ0n) is 38.1. The summed E-state index contributed by atoms with van der Waals surface area (Å²) in [6, 6.07) is 0. The first-order valence-electron chi connectivity index (χ1n) is 22.1. The molecule has 5 N–H and O–H groups in total. The number of carbonyl (C=O) groups excluding carboxylic acids is 2. The predicted octanol–water partition coefficient (Wildman–Crippen LogP) is 8.42. The van der Waals surface area contributed by atoms with Gasteiger partial charge in [-0.05, 0) is 90.6 Å². The van der Waals surface area contributed by atoms with Gasteiger partial charge >= 0.3 is 5.97 Å². The summed E-state index contributed by atoms with van der Waals surface area (Å²) in [5.74, 6) is -2.09. The Hall–Kier alpha value is -2.70. The number of hydrogen-bond donors (Lipinski definition) is 5. The average molecular weight is 829 g/mol. The summed E-state index contributed by atoms with van der Waals surface area (Å²) >= 11 is 0. The third-order valence-electron chi connectivity index (χ3n) is 12.7. The molecule has 2 aliphatic heterocycles. The summed E-state index contributed by atoms with van der Waals surface area (Å²) in [6.45, 7) is 19.0. The highest BCUT2D eigenvalue weighted by Gasteiger charge is 2.43. The number of aliphatic hydroxyl groups excluding tert-OH is 5. The van der Waals surface area contributed by atoms with Crippen molar-refractivity contribution in [2.24, 2.45) is 29.6 Å². The maximum Gasteiger partial charge on any atom is 0.333 e. The number of ether oxygens (including phenoxy) is 3. The van der Waals surface area contributed by atoms with Crippen molar-refractivity contribution in [3.63, 3.8) is 0 Å². The minimum Gasteiger partial charge on any atom is -0.459 e. The average Bonchev–Trinajstić information content (AvgIpc) is 3.20. The van der Waals surface area contributed by atoms with E-state index >= 15 is 0 Å². The Bertz CT molecular complexity index is 1490. The van der Waals surface area contributed by atoms with Crippen LogP contribution in [0.2, 0.25) is 0 Å². The van der Waals surface area contributed by atoms with E-state index in [4.69, 9.17) is 14.2 Å². The Morgan fingerprint density at radius 2 is 1.69 bits per heavy atom. The molecule has 1 fully saturated rings. The van der Waals surface area contributed by atoms with Crippen LogP contribution in [-0.4, -0.2) is 92.9 Å². The van der Waals surface area contributed by atoms with Crippen LogP contribution in [0.1, 0.15) is 140 Å². The number of cyclic esters (lactones) is 1. The lowest BCUT2D eigenvalue weighted by Gasteiger charge is -2.44. The quantitative estimate of drug-likeness (QED) is 0.101. The first-order chi connectivity index (χ1) is 27.7. The summed E-state index contributed by atoms with van der Waals surface area (Å²) in [4.78, 5) is 26.8. The highest BCUT2D eigenvalue weighted by atomic mass is 16.7. The fourth-order valence-electron chi connectivity index (χ4n) is 7.86. The first-order valence-corrected chi connectivity index (χ1v) is 22.1. The molecule has 2 heterocycles. The Morgan fingerprint density at radius 3 is 2.36 bits per heavy atom. The molecular weight excluding hydrogens is 749 g/mol. The summed E-state index contributed by atoms with van der Waals surface area (Å²) in [5, 5.41) is 53.7. The van der Waals surface area contributed by atoms with E-state index in [0.717, 1.165) is 29.6 Å². The van der Waals surface area contributed by atoms with Gasteiger partial charge < -0.3 is 39.7 Å². The van der Waals surface area contributed by atoms with Gasteiger partial charge in [0.15, 0.2) is 5.79 Å². The molecule has 0 aromatic heterocycles. The molecule has 0 aromatic rings. The molecule has 13 unspecified atom stereocenters. The molecule has 1 saturated heterocycles. The lowest BCUT2D eigenvalue weighted by molar-refractivity contribution is -0.291.